The zero-order valence-corrected chi connectivity index (χ0v) is 14.7. The Kier molecular flexibility index (Phi) is 5.87. The number of benzene rings is 1. The highest BCUT2D eigenvalue weighted by atomic mass is 16.5. The molecule has 5 heteroatoms. The summed E-state index contributed by atoms with van der Waals surface area (Å²) in [7, 11) is 3.66. The van der Waals surface area contributed by atoms with Crippen molar-refractivity contribution in [3.8, 4) is 0 Å². The van der Waals surface area contributed by atoms with Crippen LogP contribution in [0.3, 0.4) is 0 Å². The molecule has 0 aromatic heterocycles. The monoisotopic (exact) mass is 332 g/mol. The Hall–Kier alpha value is -1.43. The van der Waals surface area contributed by atoms with Gasteiger partial charge in [-0.15, -0.1) is 0 Å². The third-order valence-electron chi connectivity index (χ3n) is 5.04. The second-order valence-corrected chi connectivity index (χ2v) is 6.96. The molecule has 0 unspecified atom stereocenters. The lowest BCUT2D eigenvalue weighted by Crippen LogP contribution is -2.53. The number of amides is 1. The summed E-state index contributed by atoms with van der Waals surface area (Å²) in [4.78, 5) is 16.5. The molecule has 0 bridgehead atoms. The molecule has 5 nitrogen and oxygen atoms in total. The fourth-order valence-electron chi connectivity index (χ4n) is 3.80. The third kappa shape index (κ3) is 4.15. The predicted octanol–water partition coefficient (Wildman–Crippen LogP) is 1.77. The van der Waals surface area contributed by atoms with Crippen LogP contribution in [0.1, 0.15) is 18.4 Å². The SMILES string of the molecule is CN(C)C(=O)[C@@H]1C[C@@H]2OCC[C@@H]2N(CCOCc2ccccc2)C1. The van der Waals surface area contributed by atoms with Crippen LogP contribution in [0.5, 0.6) is 0 Å². The average Bonchev–Trinajstić information content (AvgIpc) is 3.07. The van der Waals surface area contributed by atoms with Crippen LogP contribution in [0.2, 0.25) is 0 Å². The van der Waals surface area contributed by atoms with Gasteiger partial charge in [0.05, 0.1) is 25.2 Å². The highest BCUT2D eigenvalue weighted by molar-refractivity contribution is 5.78. The molecule has 1 amide bonds. The topological polar surface area (TPSA) is 42.0 Å². The molecule has 0 radical (unpaired) electrons. The van der Waals surface area contributed by atoms with Crippen molar-refractivity contribution in [3.05, 3.63) is 35.9 Å². The normalized spacial score (nSPS) is 27.0. The minimum atomic E-state index is 0.0356. The first-order valence-corrected chi connectivity index (χ1v) is 8.83. The van der Waals surface area contributed by atoms with Crippen molar-refractivity contribution >= 4 is 5.91 Å². The molecule has 0 saturated carbocycles. The van der Waals surface area contributed by atoms with Crippen LogP contribution in [-0.2, 0) is 20.9 Å². The Bertz CT molecular complexity index is 535. The van der Waals surface area contributed by atoms with E-state index in [1.54, 1.807) is 4.90 Å². The third-order valence-corrected chi connectivity index (χ3v) is 5.04. The van der Waals surface area contributed by atoms with Gasteiger partial charge in [0, 0.05) is 39.8 Å². The van der Waals surface area contributed by atoms with E-state index >= 15 is 0 Å². The van der Waals surface area contributed by atoms with Crippen LogP contribution < -0.4 is 0 Å². The molecular formula is C19H28N2O3. The lowest BCUT2D eigenvalue weighted by Gasteiger charge is -2.40. The van der Waals surface area contributed by atoms with Gasteiger partial charge in [0.2, 0.25) is 5.91 Å². The number of fused-ring (bicyclic) bond motifs is 1. The molecule has 24 heavy (non-hydrogen) atoms. The average molecular weight is 332 g/mol. The number of carbonyl (C=O) groups excluding carboxylic acids is 1. The van der Waals surface area contributed by atoms with Crippen molar-refractivity contribution in [2.24, 2.45) is 5.92 Å². The lowest BCUT2D eigenvalue weighted by molar-refractivity contribution is -0.137. The quantitative estimate of drug-likeness (QED) is 0.745. The summed E-state index contributed by atoms with van der Waals surface area (Å²) in [6, 6.07) is 10.7. The number of nitrogens with zero attached hydrogens (tertiary/aromatic N) is 2. The van der Waals surface area contributed by atoms with Crippen LogP contribution in [0.4, 0.5) is 0 Å². The number of hydrogen-bond acceptors (Lipinski definition) is 4. The van der Waals surface area contributed by atoms with E-state index in [2.05, 4.69) is 17.0 Å². The summed E-state index contributed by atoms with van der Waals surface area (Å²) in [5, 5.41) is 0. The number of likely N-dealkylation sites (tertiary alicyclic amines) is 1. The van der Waals surface area contributed by atoms with Gasteiger partial charge in [0.15, 0.2) is 0 Å². The van der Waals surface area contributed by atoms with Crippen LogP contribution in [0.15, 0.2) is 30.3 Å². The van der Waals surface area contributed by atoms with Crippen LogP contribution in [0.25, 0.3) is 0 Å². The van der Waals surface area contributed by atoms with Gasteiger partial charge < -0.3 is 14.4 Å². The van der Waals surface area contributed by atoms with Crippen molar-refractivity contribution < 1.29 is 14.3 Å². The summed E-state index contributed by atoms with van der Waals surface area (Å²) in [6.07, 6.45) is 2.11. The zero-order chi connectivity index (χ0) is 16.9. The van der Waals surface area contributed by atoms with Gasteiger partial charge in [0.25, 0.3) is 0 Å². The molecule has 0 N–H and O–H groups in total. The Balaban J connectivity index is 1.51. The molecular weight excluding hydrogens is 304 g/mol. The standard InChI is InChI=1S/C19H28N2O3/c1-20(2)19(22)16-12-18-17(8-10-24-18)21(13-16)9-11-23-14-15-6-4-3-5-7-15/h3-7,16-18H,8-14H2,1-2H3/t16-,17+,18+/m1/s1. The van der Waals surface area contributed by atoms with E-state index in [9.17, 15) is 4.79 Å². The van der Waals surface area contributed by atoms with Gasteiger partial charge in [-0.25, -0.2) is 0 Å². The molecule has 1 aromatic rings. The lowest BCUT2D eigenvalue weighted by atomic mass is 9.89. The molecule has 2 saturated heterocycles. The number of carbonyl (C=O) groups is 1. The number of rotatable bonds is 6. The molecule has 2 aliphatic heterocycles. The summed E-state index contributed by atoms with van der Waals surface area (Å²) in [6.45, 7) is 3.80. The summed E-state index contributed by atoms with van der Waals surface area (Å²) < 4.78 is 11.7. The minimum Gasteiger partial charge on any atom is -0.377 e. The van der Waals surface area contributed by atoms with E-state index in [-0.39, 0.29) is 17.9 Å². The molecule has 2 heterocycles. The van der Waals surface area contributed by atoms with Gasteiger partial charge in [0.1, 0.15) is 0 Å². The van der Waals surface area contributed by atoms with E-state index in [4.69, 9.17) is 9.47 Å². The van der Waals surface area contributed by atoms with Gasteiger partial charge in [-0.2, -0.15) is 0 Å². The molecule has 3 rings (SSSR count). The molecule has 2 fully saturated rings. The van der Waals surface area contributed by atoms with Crippen molar-refractivity contribution in [1.29, 1.82) is 0 Å². The Labute approximate surface area is 144 Å². The largest absolute Gasteiger partial charge is 0.377 e. The highest BCUT2D eigenvalue weighted by Crippen LogP contribution is 2.31. The smallest absolute Gasteiger partial charge is 0.226 e. The molecule has 1 aromatic carbocycles. The van der Waals surface area contributed by atoms with E-state index in [0.29, 0.717) is 19.3 Å². The van der Waals surface area contributed by atoms with E-state index in [1.807, 2.05) is 32.3 Å². The first-order chi connectivity index (χ1) is 11.6. The molecule has 0 spiro atoms. The predicted molar refractivity (Wildman–Crippen MR) is 92.6 cm³/mol. The fraction of sp³-hybridized carbons (Fsp3) is 0.632. The molecule has 3 atom stereocenters. The molecule has 2 aliphatic rings. The van der Waals surface area contributed by atoms with Gasteiger partial charge in [-0.3, -0.25) is 9.69 Å². The Morgan fingerprint density at radius 2 is 2.12 bits per heavy atom. The zero-order valence-electron chi connectivity index (χ0n) is 14.7. The van der Waals surface area contributed by atoms with E-state index in [1.165, 1.54) is 5.56 Å². The first kappa shape index (κ1) is 17.4. The fourth-order valence-corrected chi connectivity index (χ4v) is 3.80. The summed E-state index contributed by atoms with van der Waals surface area (Å²) in [5.74, 6) is 0.243. The van der Waals surface area contributed by atoms with Crippen LogP contribution in [0, 0.1) is 5.92 Å². The van der Waals surface area contributed by atoms with Gasteiger partial charge in [-0.1, -0.05) is 30.3 Å². The second kappa shape index (κ2) is 8.10. The molecule has 132 valence electrons. The van der Waals surface area contributed by atoms with Crippen LogP contribution in [-0.4, -0.2) is 68.3 Å². The Morgan fingerprint density at radius 3 is 2.88 bits per heavy atom. The van der Waals surface area contributed by atoms with Crippen molar-refractivity contribution in [2.75, 3.05) is 40.4 Å². The number of piperidine rings is 1. The van der Waals surface area contributed by atoms with Crippen LogP contribution >= 0.6 is 0 Å². The van der Waals surface area contributed by atoms with Gasteiger partial charge in [-0.05, 0) is 18.4 Å². The maximum absolute atomic E-state index is 12.4. The number of hydrogen-bond donors (Lipinski definition) is 0. The van der Waals surface area contributed by atoms with Crippen molar-refractivity contribution in [1.82, 2.24) is 9.80 Å². The minimum absolute atomic E-state index is 0.0356. The van der Waals surface area contributed by atoms with Crippen molar-refractivity contribution in [2.45, 2.75) is 31.6 Å². The first-order valence-electron chi connectivity index (χ1n) is 8.83. The second-order valence-electron chi connectivity index (χ2n) is 6.96. The maximum atomic E-state index is 12.4. The maximum Gasteiger partial charge on any atom is 0.226 e. The van der Waals surface area contributed by atoms with Gasteiger partial charge >= 0.3 is 0 Å². The summed E-state index contributed by atoms with van der Waals surface area (Å²) >= 11 is 0. The molecule has 0 aliphatic carbocycles. The summed E-state index contributed by atoms with van der Waals surface area (Å²) in [5.41, 5.74) is 1.19. The van der Waals surface area contributed by atoms with Crippen molar-refractivity contribution in [3.63, 3.8) is 0 Å². The number of ether oxygens (including phenoxy) is 2. The van der Waals surface area contributed by atoms with E-state index < -0.39 is 0 Å². The van der Waals surface area contributed by atoms with E-state index in [0.717, 1.165) is 32.5 Å². The highest BCUT2D eigenvalue weighted by Gasteiger charge is 2.42. The Morgan fingerprint density at radius 1 is 1.33 bits per heavy atom.